The Morgan fingerprint density at radius 1 is 1.17 bits per heavy atom. The Kier molecular flexibility index (Phi) is 7.03. The van der Waals surface area contributed by atoms with E-state index in [0.717, 1.165) is 29.9 Å². The van der Waals surface area contributed by atoms with E-state index in [2.05, 4.69) is 34.4 Å². The number of nitrogens with one attached hydrogen (secondary N) is 2. The van der Waals surface area contributed by atoms with Gasteiger partial charge >= 0.3 is 0 Å². The van der Waals surface area contributed by atoms with Crippen LogP contribution in [0.5, 0.6) is 11.5 Å². The third kappa shape index (κ3) is 5.23. The average molecular weight is 393 g/mol. The Morgan fingerprint density at radius 2 is 1.93 bits per heavy atom. The van der Waals surface area contributed by atoms with Crippen molar-refractivity contribution in [3.05, 3.63) is 66.0 Å². The molecule has 3 rings (SSSR count). The van der Waals surface area contributed by atoms with Crippen LogP contribution in [-0.2, 0) is 6.54 Å². The second-order valence-corrected chi connectivity index (χ2v) is 7.06. The Hall–Kier alpha value is -3.12. The molecule has 0 unspecified atom stereocenters. The minimum absolute atomic E-state index is 0.174. The zero-order chi connectivity index (χ0) is 20.6. The largest absolute Gasteiger partial charge is 0.457 e. The highest BCUT2D eigenvalue weighted by molar-refractivity contribution is 5.96. The smallest absolute Gasteiger partial charge is 0.254 e. The number of aromatic amines is 1. The molecule has 1 aromatic heterocycles. The highest BCUT2D eigenvalue weighted by Crippen LogP contribution is 2.29. The lowest BCUT2D eigenvalue weighted by Gasteiger charge is -2.16. The predicted molar refractivity (Wildman–Crippen MR) is 115 cm³/mol. The van der Waals surface area contributed by atoms with Gasteiger partial charge in [-0.3, -0.25) is 9.89 Å². The van der Waals surface area contributed by atoms with E-state index >= 15 is 0 Å². The van der Waals surface area contributed by atoms with Gasteiger partial charge in [0.1, 0.15) is 11.5 Å². The normalized spacial score (nSPS) is 10.9. The number of amides is 1. The standard InChI is InChI=1S/C23H28N4O2/c1-4-5-14-27(3)16-21-20(15-25-26-21)17-10-12-18(13-11-17)29-22-9-7-6-8-19(22)23(28)24-2/h6-13,15H,4-5,14,16H2,1-3H3,(H,24,28)(H,25,26). The van der Waals surface area contributed by atoms with Crippen molar-refractivity contribution in [1.82, 2.24) is 20.4 Å². The van der Waals surface area contributed by atoms with E-state index in [1.807, 2.05) is 42.6 Å². The zero-order valence-electron chi connectivity index (χ0n) is 17.2. The number of ether oxygens (including phenoxy) is 1. The maximum Gasteiger partial charge on any atom is 0.254 e. The van der Waals surface area contributed by atoms with Crippen LogP contribution < -0.4 is 10.1 Å². The van der Waals surface area contributed by atoms with Crippen LogP contribution >= 0.6 is 0 Å². The van der Waals surface area contributed by atoms with Gasteiger partial charge in [0, 0.05) is 19.2 Å². The van der Waals surface area contributed by atoms with Gasteiger partial charge < -0.3 is 15.0 Å². The van der Waals surface area contributed by atoms with Crippen molar-refractivity contribution in [1.29, 1.82) is 0 Å². The van der Waals surface area contributed by atoms with E-state index in [1.165, 1.54) is 12.8 Å². The summed E-state index contributed by atoms with van der Waals surface area (Å²) in [4.78, 5) is 14.3. The maximum absolute atomic E-state index is 12.0. The van der Waals surface area contributed by atoms with Crippen LogP contribution in [-0.4, -0.2) is 41.6 Å². The second kappa shape index (κ2) is 9.89. The molecule has 0 fully saturated rings. The van der Waals surface area contributed by atoms with Gasteiger partial charge in [0.25, 0.3) is 5.91 Å². The first-order valence-electron chi connectivity index (χ1n) is 9.92. The number of hydrogen-bond donors (Lipinski definition) is 2. The van der Waals surface area contributed by atoms with Crippen molar-refractivity contribution in [2.75, 3.05) is 20.6 Å². The summed E-state index contributed by atoms with van der Waals surface area (Å²) < 4.78 is 5.95. The van der Waals surface area contributed by atoms with Crippen molar-refractivity contribution in [2.45, 2.75) is 26.3 Å². The first-order valence-corrected chi connectivity index (χ1v) is 9.92. The van der Waals surface area contributed by atoms with E-state index in [0.29, 0.717) is 17.1 Å². The number of carbonyl (C=O) groups excluding carboxylic acids is 1. The van der Waals surface area contributed by atoms with E-state index < -0.39 is 0 Å². The molecule has 1 heterocycles. The molecule has 29 heavy (non-hydrogen) atoms. The molecule has 152 valence electrons. The van der Waals surface area contributed by atoms with Gasteiger partial charge in [0.05, 0.1) is 17.5 Å². The van der Waals surface area contributed by atoms with Crippen molar-refractivity contribution in [3.8, 4) is 22.6 Å². The summed E-state index contributed by atoms with van der Waals surface area (Å²) in [7, 11) is 3.73. The van der Waals surface area contributed by atoms with Crippen molar-refractivity contribution in [2.24, 2.45) is 0 Å². The van der Waals surface area contributed by atoms with E-state index in [4.69, 9.17) is 4.74 Å². The molecule has 0 bridgehead atoms. The van der Waals surface area contributed by atoms with E-state index in [-0.39, 0.29) is 5.91 Å². The van der Waals surface area contributed by atoms with Gasteiger partial charge in [-0.05, 0) is 49.8 Å². The third-order valence-electron chi connectivity index (χ3n) is 4.79. The Labute approximate surface area is 171 Å². The highest BCUT2D eigenvalue weighted by Gasteiger charge is 2.13. The average Bonchev–Trinajstić information content (AvgIpc) is 3.20. The minimum atomic E-state index is -0.174. The van der Waals surface area contributed by atoms with Gasteiger partial charge in [-0.2, -0.15) is 5.10 Å². The Morgan fingerprint density at radius 3 is 2.66 bits per heavy atom. The van der Waals surface area contributed by atoms with Crippen molar-refractivity contribution < 1.29 is 9.53 Å². The van der Waals surface area contributed by atoms with Gasteiger partial charge in [-0.1, -0.05) is 37.6 Å². The van der Waals surface area contributed by atoms with Crippen LogP contribution in [0.4, 0.5) is 0 Å². The molecule has 2 aromatic carbocycles. The topological polar surface area (TPSA) is 70.2 Å². The number of rotatable bonds is 9. The lowest BCUT2D eigenvalue weighted by atomic mass is 10.1. The molecule has 0 saturated carbocycles. The molecule has 0 radical (unpaired) electrons. The number of para-hydroxylation sites is 1. The number of H-pyrrole nitrogens is 1. The number of hydrogen-bond acceptors (Lipinski definition) is 4. The Balaban J connectivity index is 1.74. The molecule has 0 spiro atoms. The molecule has 0 saturated heterocycles. The predicted octanol–water partition coefficient (Wildman–Crippen LogP) is 4.46. The molecule has 6 nitrogen and oxygen atoms in total. The van der Waals surface area contributed by atoms with Gasteiger partial charge in [0.15, 0.2) is 0 Å². The fourth-order valence-electron chi connectivity index (χ4n) is 3.17. The van der Waals surface area contributed by atoms with Crippen molar-refractivity contribution >= 4 is 5.91 Å². The lowest BCUT2D eigenvalue weighted by molar-refractivity contribution is 0.0961. The number of nitrogens with zero attached hydrogens (tertiary/aromatic N) is 2. The zero-order valence-corrected chi connectivity index (χ0v) is 17.2. The summed E-state index contributed by atoms with van der Waals surface area (Å²) in [6, 6.07) is 15.0. The summed E-state index contributed by atoms with van der Waals surface area (Å²) in [6.07, 6.45) is 4.23. The lowest BCUT2D eigenvalue weighted by Crippen LogP contribution is -2.19. The summed E-state index contributed by atoms with van der Waals surface area (Å²) in [5, 5.41) is 10.00. The van der Waals surface area contributed by atoms with Crippen LogP contribution in [0.25, 0.3) is 11.1 Å². The van der Waals surface area contributed by atoms with E-state index in [1.54, 1.807) is 19.2 Å². The van der Waals surface area contributed by atoms with Gasteiger partial charge in [-0.15, -0.1) is 0 Å². The van der Waals surface area contributed by atoms with Crippen LogP contribution in [0, 0.1) is 0 Å². The van der Waals surface area contributed by atoms with Gasteiger partial charge in [0.2, 0.25) is 0 Å². The molecule has 0 aliphatic carbocycles. The fourth-order valence-corrected chi connectivity index (χ4v) is 3.17. The number of aromatic nitrogens is 2. The minimum Gasteiger partial charge on any atom is -0.457 e. The van der Waals surface area contributed by atoms with Crippen LogP contribution in [0.2, 0.25) is 0 Å². The first-order chi connectivity index (χ1) is 14.1. The summed E-state index contributed by atoms with van der Waals surface area (Å²) in [5.74, 6) is 1.03. The summed E-state index contributed by atoms with van der Waals surface area (Å²) in [5.41, 5.74) is 3.77. The Bertz CT molecular complexity index is 934. The highest BCUT2D eigenvalue weighted by atomic mass is 16.5. The van der Waals surface area contributed by atoms with Gasteiger partial charge in [-0.25, -0.2) is 0 Å². The molecule has 2 N–H and O–H groups in total. The summed E-state index contributed by atoms with van der Waals surface area (Å²) >= 11 is 0. The molecule has 1 amide bonds. The van der Waals surface area contributed by atoms with Crippen LogP contribution in [0.1, 0.15) is 35.8 Å². The number of benzene rings is 2. The molecule has 0 aliphatic heterocycles. The van der Waals surface area contributed by atoms with E-state index in [9.17, 15) is 4.79 Å². The molecule has 0 aliphatic rings. The molecule has 6 heteroatoms. The van der Waals surface area contributed by atoms with Crippen LogP contribution in [0.3, 0.4) is 0 Å². The molecular formula is C23H28N4O2. The van der Waals surface area contributed by atoms with Crippen LogP contribution in [0.15, 0.2) is 54.7 Å². The number of unbranched alkanes of at least 4 members (excludes halogenated alkanes) is 1. The quantitative estimate of drug-likeness (QED) is 0.564. The fraction of sp³-hybridized carbons (Fsp3) is 0.304. The SMILES string of the molecule is CCCCN(C)Cc1[nH]ncc1-c1ccc(Oc2ccccc2C(=O)NC)cc1. The van der Waals surface area contributed by atoms with Crippen molar-refractivity contribution in [3.63, 3.8) is 0 Å². The second-order valence-electron chi connectivity index (χ2n) is 7.06. The molecule has 3 aromatic rings. The number of carbonyl (C=O) groups is 1. The third-order valence-corrected chi connectivity index (χ3v) is 4.79. The molecule has 0 atom stereocenters. The monoisotopic (exact) mass is 392 g/mol. The first kappa shape index (κ1) is 20.6. The maximum atomic E-state index is 12.0. The molecular weight excluding hydrogens is 364 g/mol. The summed E-state index contributed by atoms with van der Waals surface area (Å²) in [6.45, 7) is 4.09.